The van der Waals surface area contributed by atoms with Crippen LogP contribution in [-0.4, -0.2) is 37.1 Å². The third-order valence-electron chi connectivity index (χ3n) is 2.96. The molecule has 0 aliphatic carbocycles. The van der Waals surface area contributed by atoms with Gasteiger partial charge < -0.3 is 10.2 Å². The maximum absolute atomic E-state index is 3.55. The summed E-state index contributed by atoms with van der Waals surface area (Å²) in [6.45, 7) is 11.9. The zero-order valence-electron chi connectivity index (χ0n) is 10.1. The molecule has 0 aromatic carbocycles. The van der Waals surface area contributed by atoms with Crippen molar-refractivity contribution in [1.29, 1.82) is 0 Å². The van der Waals surface area contributed by atoms with Crippen molar-refractivity contribution in [2.75, 3.05) is 26.2 Å². The fraction of sp³-hybridized carbons (Fsp3) is 1.00. The van der Waals surface area contributed by atoms with Crippen LogP contribution in [-0.2, 0) is 0 Å². The highest BCUT2D eigenvalue weighted by molar-refractivity contribution is 4.74. The van der Waals surface area contributed by atoms with Gasteiger partial charge in [0.25, 0.3) is 0 Å². The van der Waals surface area contributed by atoms with Crippen LogP contribution < -0.4 is 5.32 Å². The first-order valence-electron chi connectivity index (χ1n) is 6.18. The van der Waals surface area contributed by atoms with Crippen molar-refractivity contribution in [3.05, 3.63) is 0 Å². The molecule has 0 aromatic heterocycles. The minimum atomic E-state index is 0.636. The number of hydrogen-bond acceptors (Lipinski definition) is 2. The molecule has 0 saturated carbocycles. The number of nitrogens with one attached hydrogen (secondary N) is 1. The van der Waals surface area contributed by atoms with Crippen LogP contribution in [0.4, 0.5) is 0 Å². The molecule has 1 aliphatic rings. The Morgan fingerprint density at radius 1 is 1.43 bits per heavy atom. The predicted octanol–water partition coefficient (Wildman–Crippen LogP) is 2.11. The van der Waals surface area contributed by atoms with E-state index >= 15 is 0 Å². The van der Waals surface area contributed by atoms with Crippen molar-refractivity contribution in [1.82, 2.24) is 10.2 Å². The Bertz CT molecular complexity index is 143. The highest BCUT2D eigenvalue weighted by Gasteiger charge is 2.18. The predicted molar refractivity (Wildman–Crippen MR) is 62.6 cm³/mol. The van der Waals surface area contributed by atoms with Crippen molar-refractivity contribution in [3.63, 3.8) is 0 Å². The van der Waals surface area contributed by atoms with Crippen molar-refractivity contribution in [2.24, 2.45) is 5.92 Å². The molecule has 0 amide bonds. The lowest BCUT2D eigenvalue weighted by Crippen LogP contribution is -2.41. The molecule has 2 nitrogen and oxygen atoms in total. The number of nitrogens with zero attached hydrogens (tertiary/aromatic N) is 1. The summed E-state index contributed by atoms with van der Waals surface area (Å²) in [6.07, 6.45) is 4.11. The zero-order valence-corrected chi connectivity index (χ0v) is 10.1. The van der Waals surface area contributed by atoms with Crippen LogP contribution in [0.1, 0.15) is 40.0 Å². The molecule has 14 heavy (non-hydrogen) atoms. The summed E-state index contributed by atoms with van der Waals surface area (Å²) in [5.74, 6) is 0.887. The molecule has 84 valence electrons. The first-order valence-corrected chi connectivity index (χ1v) is 6.18. The lowest BCUT2D eigenvalue weighted by Gasteiger charge is -2.33. The molecule has 0 spiro atoms. The molecule has 2 heteroatoms. The van der Waals surface area contributed by atoms with Gasteiger partial charge in [-0.3, -0.25) is 0 Å². The minimum absolute atomic E-state index is 0.636. The van der Waals surface area contributed by atoms with Crippen LogP contribution in [0, 0.1) is 5.92 Å². The van der Waals surface area contributed by atoms with Gasteiger partial charge in [-0.2, -0.15) is 0 Å². The number of piperidine rings is 1. The molecule has 1 fully saturated rings. The maximum atomic E-state index is 3.55. The van der Waals surface area contributed by atoms with E-state index in [9.17, 15) is 0 Å². The first kappa shape index (κ1) is 12.0. The lowest BCUT2D eigenvalue weighted by atomic mass is 9.97. The minimum Gasteiger partial charge on any atom is -0.314 e. The van der Waals surface area contributed by atoms with Gasteiger partial charge in [0.05, 0.1) is 0 Å². The molecule has 0 bridgehead atoms. The summed E-state index contributed by atoms with van der Waals surface area (Å²) in [5.41, 5.74) is 0. The molecule has 0 radical (unpaired) electrons. The smallest absolute Gasteiger partial charge is 0.00218 e. The van der Waals surface area contributed by atoms with Gasteiger partial charge in [-0.1, -0.05) is 20.8 Å². The first-order chi connectivity index (χ1) is 6.72. The highest BCUT2D eigenvalue weighted by atomic mass is 15.1. The van der Waals surface area contributed by atoms with Gasteiger partial charge in [0.1, 0.15) is 0 Å². The molecule has 1 atom stereocenters. The van der Waals surface area contributed by atoms with Crippen molar-refractivity contribution < 1.29 is 0 Å². The van der Waals surface area contributed by atoms with Crippen molar-refractivity contribution in [3.8, 4) is 0 Å². The molecule has 1 aliphatic heterocycles. The van der Waals surface area contributed by atoms with Gasteiger partial charge in [0, 0.05) is 12.6 Å². The summed E-state index contributed by atoms with van der Waals surface area (Å²) >= 11 is 0. The van der Waals surface area contributed by atoms with Crippen LogP contribution >= 0.6 is 0 Å². The molecule has 1 rings (SSSR count). The Hall–Kier alpha value is -0.0800. The van der Waals surface area contributed by atoms with E-state index in [-0.39, 0.29) is 0 Å². The molecular formula is C12H26N2. The number of hydrogen-bond donors (Lipinski definition) is 1. The fourth-order valence-corrected chi connectivity index (χ4v) is 2.24. The van der Waals surface area contributed by atoms with Crippen molar-refractivity contribution >= 4 is 0 Å². The van der Waals surface area contributed by atoms with Crippen LogP contribution in [0.2, 0.25) is 0 Å². The standard InChI is InChI=1S/C12H26N2/c1-4-7-14-8-5-6-12(10-14)9-13-11(2)3/h11-13H,4-10H2,1-3H3. The summed E-state index contributed by atoms with van der Waals surface area (Å²) in [4.78, 5) is 2.62. The van der Waals surface area contributed by atoms with Gasteiger partial charge in [0.2, 0.25) is 0 Å². The van der Waals surface area contributed by atoms with Gasteiger partial charge >= 0.3 is 0 Å². The van der Waals surface area contributed by atoms with Gasteiger partial charge in [-0.15, -0.1) is 0 Å². The average molecular weight is 198 g/mol. The number of likely N-dealkylation sites (tertiary alicyclic amines) is 1. The average Bonchev–Trinajstić information content (AvgIpc) is 2.16. The maximum Gasteiger partial charge on any atom is 0.00218 e. The Labute approximate surface area is 89.1 Å². The monoisotopic (exact) mass is 198 g/mol. The lowest BCUT2D eigenvalue weighted by molar-refractivity contribution is 0.171. The summed E-state index contributed by atoms with van der Waals surface area (Å²) in [5, 5.41) is 3.55. The summed E-state index contributed by atoms with van der Waals surface area (Å²) in [6, 6.07) is 0.636. The highest BCUT2D eigenvalue weighted by Crippen LogP contribution is 2.15. The Morgan fingerprint density at radius 3 is 2.86 bits per heavy atom. The van der Waals surface area contributed by atoms with E-state index in [0.29, 0.717) is 6.04 Å². The number of rotatable bonds is 5. The third-order valence-corrected chi connectivity index (χ3v) is 2.96. The van der Waals surface area contributed by atoms with E-state index in [1.165, 1.54) is 45.4 Å². The van der Waals surface area contributed by atoms with E-state index in [4.69, 9.17) is 0 Å². The zero-order chi connectivity index (χ0) is 10.4. The van der Waals surface area contributed by atoms with E-state index in [0.717, 1.165) is 5.92 Å². The molecule has 1 N–H and O–H groups in total. The second-order valence-electron chi connectivity index (χ2n) is 4.87. The third kappa shape index (κ3) is 4.43. The van der Waals surface area contributed by atoms with Crippen LogP contribution in [0.5, 0.6) is 0 Å². The second-order valence-corrected chi connectivity index (χ2v) is 4.87. The normalized spacial score (nSPS) is 24.4. The van der Waals surface area contributed by atoms with Crippen LogP contribution in [0.3, 0.4) is 0 Å². The van der Waals surface area contributed by atoms with Gasteiger partial charge in [-0.25, -0.2) is 0 Å². The van der Waals surface area contributed by atoms with Crippen molar-refractivity contribution in [2.45, 2.75) is 46.1 Å². The van der Waals surface area contributed by atoms with E-state index in [2.05, 4.69) is 31.0 Å². The van der Waals surface area contributed by atoms with E-state index < -0.39 is 0 Å². The van der Waals surface area contributed by atoms with E-state index in [1.807, 2.05) is 0 Å². The Morgan fingerprint density at radius 2 is 2.21 bits per heavy atom. The molecular weight excluding hydrogens is 172 g/mol. The van der Waals surface area contributed by atoms with Crippen LogP contribution in [0.25, 0.3) is 0 Å². The molecule has 1 heterocycles. The summed E-state index contributed by atoms with van der Waals surface area (Å²) in [7, 11) is 0. The van der Waals surface area contributed by atoms with Gasteiger partial charge in [-0.05, 0) is 44.8 Å². The largest absolute Gasteiger partial charge is 0.314 e. The molecule has 1 saturated heterocycles. The Balaban J connectivity index is 2.18. The second kappa shape index (κ2) is 6.41. The molecule has 0 aromatic rings. The fourth-order valence-electron chi connectivity index (χ4n) is 2.24. The van der Waals surface area contributed by atoms with E-state index in [1.54, 1.807) is 0 Å². The Kier molecular flexibility index (Phi) is 5.49. The molecule has 1 unspecified atom stereocenters. The SMILES string of the molecule is CCCN1CCCC(CNC(C)C)C1. The quantitative estimate of drug-likeness (QED) is 0.728. The van der Waals surface area contributed by atoms with Crippen LogP contribution in [0.15, 0.2) is 0 Å². The van der Waals surface area contributed by atoms with Gasteiger partial charge in [0.15, 0.2) is 0 Å². The topological polar surface area (TPSA) is 15.3 Å². The summed E-state index contributed by atoms with van der Waals surface area (Å²) < 4.78 is 0.